The Balaban J connectivity index is 1.48. The number of carbonyl (C=O) groups is 1. The van der Waals surface area contributed by atoms with Crippen LogP contribution in [0.25, 0.3) is 26.1 Å². The van der Waals surface area contributed by atoms with E-state index in [4.69, 9.17) is 19.4 Å². The molecular weight excluding hydrogens is 464 g/mol. The van der Waals surface area contributed by atoms with Gasteiger partial charge in [-0.25, -0.2) is 14.8 Å². The molecule has 9 heteroatoms. The molecule has 1 aromatic carbocycles. The predicted molar refractivity (Wildman–Crippen MR) is 136 cm³/mol. The molecule has 1 fully saturated rings. The van der Waals surface area contributed by atoms with Gasteiger partial charge in [-0.3, -0.25) is 9.36 Å². The zero-order valence-electron chi connectivity index (χ0n) is 19.6. The van der Waals surface area contributed by atoms with Crippen LogP contribution in [0, 0.1) is 0 Å². The Kier molecular flexibility index (Phi) is 5.74. The average molecular weight is 491 g/mol. The number of fused-ring (bicyclic) bond motifs is 5. The van der Waals surface area contributed by atoms with Crippen LogP contribution in [0.15, 0.2) is 35.4 Å². The number of rotatable bonds is 4. The zero-order valence-corrected chi connectivity index (χ0v) is 20.4. The Morgan fingerprint density at radius 1 is 1.11 bits per heavy atom. The van der Waals surface area contributed by atoms with Gasteiger partial charge in [-0.1, -0.05) is 0 Å². The first-order valence-corrected chi connectivity index (χ1v) is 12.9. The molecule has 1 saturated heterocycles. The molecule has 0 radical (unpaired) electrons. The largest absolute Gasteiger partial charge is 0.462 e. The monoisotopic (exact) mass is 490 g/mol. The molecule has 0 unspecified atom stereocenters. The Morgan fingerprint density at radius 2 is 1.86 bits per heavy atom. The molecule has 0 bridgehead atoms. The van der Waals surface area contributed by atoms with Crippen molar-refractivity contribution in [3.8, 4) is 5.69 Å². The first-order chi connectivity index (χ1) is 17.2. The quantitative estimate of drug-likeness (QED) is 0.401. The predicted octanol–water partition coefficient (Wildman–Crippen LogP) is 3.89. The van der Waals surface area contributed by atoms with Gasteiger partial charge >= 0.3 is 5.97 Å². The molecule has 3 aromatic heterocycles. The highest BCUT2D eigenvalue weighted by Crippen LogP contribution is 2.40. The van der Waals surface area contributed by atoms with Gasteiger partial charge in [0.15, 0.2) is 0 Å². The second-order valence-corrected chi connectivity index (χ2v) is 9.85. The molecule has 4 aromatic rings. The van der Waals surface area contributed by atoms with E-state index >= 15 is 0 Å². The Labute approximate surface area is 206 Å². The fourth-order valence-electron chi connectivity index (χ4n) is 5.09. The highest BCUT2D eigenvalue weighted by molar-refractivity contribution is 7.25. The van der Waals surface area contributed by atoms with Crippen LogP contribution in [-0.4, -0.2) is 53.4 Å². The van der Waals surface area contributed by atoms with E-state index in [1.807, 2.05) is 0 Å². The van der Waals surface area contributed by atoms with Gasteiger partial charge in [0.2, 0.25) is 0 Å². The maximum atomic E-state index is 13.6. The Hall–Kier alpha value is -3.30. The van der Waals surface area contributed by atoms with Crippen molar-refractivity contribution in [2.45, 2.75) is 32.6 Å². The van der Waals surface area contributed by atoms with E-state index in [-0.39, 0.29) is 11.5 Å². The number of benzene rings is 1. The van der Waals surface area contributed by atoms with Crippen LogP contribution in [0.2, 0.25) is 0 Å². The average Bonchev–Trinajstić information content (AvgIpc) is 3.29. The van der Waals surface area contributed by atoms with E-state index in [0.29, 0.717) is 35.8 Å². The van der Waals surface area contributed by atoms with Gasteiger partial charge < -0.3 is 14.4 Å². The first-order valence-electron chi connectivity index (χ1n) is 12.1. The molecule has 1 aliphatic heterocycles. The van der Waals surface area contributed by atoms with Gasteiger partial charge in [0, 0.05) is 18.5 Å². The van der Waals surface area contributed by atoms with Crippen molar-refractivity contribution in [2.75, 3.05) is 37.8 Å². The molecule has 35 heavy (non-hydrogen) atoms. The van der Waals surface area contributed by atoms with Gasteiger partial charge in [0.05, 0.1) is 36.6 Å². The highest BCUT2D eigenvalue weighted by atomic mass is 32.1. The molecule has 180 valence electrons. The molecule has 4 heterocycles. The van der Waals surface area contributed by atoms with E-state index in [9.17, 15) is 9.59 Å². The zero-order chi connectivity index (χ0) is 23.9. The Morgan fingerprint density at radius 3 is 2.60 bits per heavy atom. The number of aromatic nitrogens is 3. The maximum absolute atomic E-state index is 13.6. The minimum Gasteiger partial charge on any atom is -0.462 e. The molecular formula is C26H26N4O4S. The molecule has 2 aliphatic rings. The van der Waals surface area contributed by atoms with Gasteiger partial charge in [0.1, 0.15) is 21.7 Å². The van der Waals surface area contributed by atoms with E-state index < -0.39 is 0 Å². The molecule has 6 rings (SSSR count). The van der Waals surface area contributed by atoms with E-state index in [1.54, 1.807) is 37.5 Å². The number of hydrogen-bond acceptors (Lipinski definition) is 8. The van der Waals surface area contributed by atoms with Crippen molar-refractivity contribution in [2.24, 2.45) is 0 Å². The van der Waals surface area contributed by atoms with Crippen molar-refractivity contribution in [3.63, 3.8) is 0 Å². The summed E-state index contributed by atoms with van der Waals surface area (Å²) < 4.78 is 12.7. The number of anilines is 1. The van der Waals surface area contributed by atoms with Crippen LogP contribution >= 0.6 is 11.3 Å². The third kappa shape index (κ3) is 3.79. The van der Waals surface area contributed by atoms with Crippen LogP contribution in [0.1, 0.15) is 41.3 Å². The lowest BCUT2D eigenvalue weighted by Crippen LogP contribution is -2.37. The van der Waals surface area contributed by atoms with Crippen molar-refractivity contribution < 1.29 is 14.3 Å². The van der Waals surface area contributed by atoms with E-state index in [1.165, 1.54) is 27.0 Å². The second-order valence-electron chi connectivity index (χ2n) is 8.85. The summed E-state index contributed by atoms with van der Waals surface area (Å²) in [6.45, 7) is 5.18. The fourth-order valence-corrected chi connectivity index (χ4v) is 6.18. The summed E-state index contributed by atoms with van der Waals surface area (Å²) >= 11 is 1.42. The van der Waals surface area contributed by atoms with Gasteiger partial charge in [0.25, 0.3) is 5.56 Å². The maximum Gasteiger partial charge on any atom is 0.338 e. The van der Waals surface area contributed by atoms with Crippen LogP contribution in [-0.2, 0) is 22.3 Å². The first kappa shape index (κ1) is 22.2. The summed E-state index contributed by atoms with van der Waals surface area (Å²) in [6, 6.07) is 6.82. The van der Waals surface area contributed by atoms with Crippen molar-refractivity contribution in [3.05, 3.63) is 57.6 Å². The van der Waals surface area contributed by atoms with E-state index in [2.05, 4.69) is 4.90 Å². The van der Waals surface area contributed by atoms with Gasteiger partial charge in [-0.05, 0) is 68.0 Å². The highest BCUT2D eigenvalue weighted by Gasteiger charge is 2.26. The lowest BCUT2D eigenvalue weighted by Gasteiger charge is -2.31. The molecule has 8 nitrogen and oxygen atoms in total. The number of hydrogen-bond donors (Lipinski definition) is 0. The number of thiophene rings is 1. The van der Waals surface area contributed by atoms with Crippen molar-refractivity contribution >= 4 is 43.6 Å². The SMILES string of the molecule is CCOC(=O)c1ccc(-n2cnc3c(sc4nc(N5CCOCC5)c5c(c43)CCCC5)c2=O)cc1. The molecule has 0 atom stereocenters. The molecule has 0 saturated carbocycles. The summed E-state index contributed by atoms with van der Waals surface area (Å²) in [5.74, 6) is 0.674. The number of esters is 1. The Bertz CT molecular complexity index is 1490. The van der Waals surface area contributed by atoms with Crippen LogP contribution < -0.4 is 10.5 Å². The summed E-state index contributed by atoms with van der Waals surface area (Å²) in [6.07, 6.45) is 5.86. The van der Waals surface area contributed by atoms with Crippen molar-refractivity contribution in [1.29, 1.82) is 0 Å². The van der Waals surface area contributed by atoms with Gasteiger partial charge in [-0.2, -0.15) is 0 Å². The number of aryl methyl sites for hydroxylation is 1. The number of morpholine rings is 1. The summed E-state index contributed by atoms with van der Waals surface area (Å²) in [7, 11) is 0. The fraction of sp³-hybridized carbons (Fsp3) is 0.385. The molecule has 0 spiro atoms. The number of ether oxygens (including phenoxy) is 2. The minimum atomic E-state index is -0.378. The third-order valence-electron chi connectivity index (χ3n) is 6.79. The van der Waals surface area contributed by atoms with Crippen molar-refractivity contribution in [1.82, 2.24) is 14.5 Å². The molecule has 0 N–H and O–H groups in total. The van der Waals surface area contributed by atoms with Crippen LogP contribution in [0.5, 0.6) is 0 Å². The third-order valence-corrected chi connectivity index (χ3v) is 7.85. The minimum absolute atomic E-state index is 0.126. The van der Waals surface area contributed by atoms with Crippen LogP contribution in [0.3, 0.4) is 0 Å². The smallest absolute Gasteiger partial charge is 0.338 e. The second kappa shape index (κ2) is 9.05. The summed E-state index contributed by atoms with van der Waals surface area (Å²) in [5, 5.41) is 1.04. The standard InChI is InChI=1S/C26H26N4O4S/c1-2-34-26(32)16-7-9-17(10-8-16)30-15-27-21-20-18-5-3-4-6-19(18)23(29-11-13-33-14-12-29)28-24(20)35-22(21)25(30)31/h7-10,15H,2-6,11-14H2,1H3. The summed E-state index contributed by atoms with van der Waals surface area (Å²) in [4.78, 5) is 38.6. The topological polar surface area (TPSA) is 86.6 Å². The van der Waals surface area contributed by atoms with Crippen LogP contribution in [0.4, 0.5) is 5.82 Å². The number of pyridine rings is 1. The normalized spacial score (nSPS) is 16.0. The lowest BCUT2D eigenvalue weighted by molar-refractivity contribution is 0.0526. The van der Waals surface area contributed by atoms with E-state index in [0.717, 1.165) is 60.3 Å². The van der Waals surface area contributed by atoms with Gasteiger partial charge in [-0.15, -0.1) is 11.3 Å². The number of nitrogens with zero attached hydrogens (tertiary/aromatic N) is 4. The molecule has 0 amide bonds. The number of carbonyl (C=O) groups excluding carboxylic acids is 1. The summed E-state index contributed by atoms with van der Waals surface area (Å²) in [5.41, 5.74) is 4.33. The lowest BCUT2D eigenvalue weighted by atomic mass is 9.90. The molecule has 1 aliphatic carbocycles.